The molecule has 0 aromatic heterocycles. The normalized spacial score (nSPS) is 16.8. The van der Waals surface area contributed by atoms with Crippen molar-refractivity contribution >= 4 is 25.7 Å². The summed E-state index contributed by atoms with van der Waals surface area (Å²) in [6, 6.07) is -0.156. The third-order valence-electron chi connectivity index (χ3n) is 11.9. The van der Waals surface area contributed by atoms with Crippen LogP contribution < -0.4 is 10.6 Å². The van der Waals surface area contributed by atoms with E-state index in [9.17, 15) is 29.0 Å². The fourth-order valence-electron chi connectivity index (χ4n) is 8.49. The lowest BCUT2D eigenvalue weighted by Gasteiger charge is -2.50. The molecule has 3 N–H and O–H groups in total. The molecule has 0 bridgehead atoms. The second-order valence-electron chi connectivity index (χ2n) is 19.1. The molecular formula is C48H93N3O10P. The number of esters is 2. The molecule has 365 valence electrons. The quantitative estimate of drug-likeness (QED) is 0.0303. The molecule has 62 heavy (non-hydrogen) atoms. The van der Waals surface area contributed by atoms with Gasteiger partial charge < -0.3 is 25.0 Å². The van der Waals surface area contributed by atoms with Crippen LogP contribution in [0.2, 0.25) is 0 Å². The molecule has 0 aromatic carbocycles. The van der Waals surface area contributed by atoms with Gasteiger partial charge in [0.2, 0.25) is 5.91 Å². The van der Waals surface area contributed by atoms with Crippen molar-refractivity contribution in [3.8, 4) is 0 Å². The molecule has 0 spiro atoms. The average Bonchev–Trinajstić information content (AvgIpc) is 3.21. The molecule has 14 heteroatoms. The number of piperidine rings is 1. The lowest BCUT2D eigenvalue weighted by molar-refractivity contribution is -0.290. The van der Waals surface area contributed by atoms with Gasteiger partial charge in [0.15, 0.2) is 6.10 Å². The molecule has 1 radical (unpaired) electrons. The number of phosphoric acid groups is 1. The predicted octanol–water partition coefficient (Wildman–Crippen LogP) is 11.6. The highest BCUT2D eigenvalue weighted by molar-refractivity contribution is 7.47. The van der Waals surface area contributed by atoms with E-state index in [1.807, 2.05) is 27.7 Å². The van der Waals surface area contributed by atoms with Gasteiger partial charge in [0, 0.05) is 36.5 Å². The number of hydroxylamine groups is 2. The maximum absolute atomic E-state index is 12.8. The Morgan fingerprint density at radius 3 is 1.47 bits per heavy atom. The third-order valence-corrected chi connectivity index (χ3v) is 12.9. The van der Waals surface area contributed by atoms with E-state index in [0.717, 1.165) is 43.6 Å². The van der Waals surface area contributed by atoms with Crippen LogP contribution in [0.15, 0.2) is 0 Å². The largest absolute Gasteiger partial charge is 0.472 e. The van der Waals surface area contributed by atoms with Crippen LogP contribution in [0.3, 0.4) is 0 Å². The SMILES string of the molecule is CCCCCCCCCCCCCCCC(=O)OCC(COP(=O)(O)OCCNCC(=O)NC1CC(C)(C)N([O])C(C)(C)C1)OC(=O)CCCCCCCCCCCCCCC. The Bertz CT molecular complexity index is 1190. The van der Waals surface area contributed by atoms with E-state index in [2.05, 4.69) is 24.5 Å². The highest BCUT2D eigenvalue weighted by atomic mass is 31.2. The monoisotopic (exact) mass is 903 g/mol. The second-order valence-corrected chi connectivity index (χ2v) is 20.6. The van der Waals surface area contributed by atoms with Crippen LogP contribution >= 0.6 is 7.82 Å². The van der Waals surface area contributed by atoms with Crippen LogP contribution in [0.4, 0.5) is 0 Å². The van der Waals surface area contributed by atoms with Gasteiger partial charge >= 0.3 is 19.8 Å². The van der Waals surface area contributed by atoms with Crippen molar-refractivity contribution in [1.29, 1.82) is 0 Å². The first kappa shape index (κ1) is 58.4. The molecule has 2 unspecified atom stereocenters. The topological polar surface area (TPSA) is 173 Å². The van der Waals surface area contributed by atoms with E-state index in [0.29, 0.717) is 25.7 Å². The summed E-state index contributed by atoms with van der Waals surface area (Å²) in [5.41, 5.74) is -1.22. The van der Waals surface area contributed by atoms with E-state index in [4.69, 9.17) is 18.5 Å². The van der Waals surface area contributed by atoms with Crippen LogP contribution in [0.1, 0.15) is 234 Å². The number of amides is 1. The molecular weight excluding hydrogens is 810 g/mol. The van der Waals surface area contributed by atoms with E-state index < -0.39 is 43.6 Å². The van der Waals surface area contributed by atoms with E-state index in [1.165, 1.54) is 116 Å². The van der Waals surface area contributed by atoms with Gasteiger partial charge in [0.05, 0.1) is 19.8 Å². The number of carbonyl (C=O) groups excluding carboxylic acids is 3. The molecule has 1 fully saturated rings. The Kier molecular flexibility index (Phi) is 33.6. The van der Waals surface area contributed by atoms with Crippen molar-refractivity contribution in [2.75, 3.05) is 32.9 Å². The summed E-state index contributed by atoms with van der Waals surface area (Å²) in [5.74, 6) is -1.14. The van der Waals surface area contributed by atoms with Crippen LogP contribution in [0, 0.1) is 0 Å². The molecule has 1 heterocycles. The maximum Gasteiger partial charge on any atom is 0.472 e. The highest BCUT2D eigenvalue weighted by Gasteiger charge is 2.46. The first-order chi connectivity index (χ1) is 29.6. The first-order valence-corrected chi connectivity index (χ1v) is 26.6. The third kappa shape index (κ3) is 31.3. The van der Waals surface area contributed by atoms with Crippen molar-refractivity contribution in [3.05, 3.63) is 0 Å². The van der Waals surface area contributed by atoms with Gasteiger partial charge in [0.1, 0.15) is 6.61 Å². The molecule has 1 rings (SSSR count). The van der Waals surface area contributed by atoms with Crippen LogP contribution in [-0.4, -0.2) is 83.9 Å². The van der Waals surface area contributed by atoms with E-state index >= 15 is 0 Å². The summed E-state index contributed by atoms with van der Waals surface area (Å²) < 4.78 is 34.0. The van der Waals surface area contributed by atoms with Crippen LogP contribution in [0.5, 0.6) is 0 Å². The zero-order valence-corrected chi connectivity index (χ0v) is 41.3. The minimum absolute atomic E-state index is 0.0413. The minimum Gasteiger partial charge on any atom is -0.462 e. The van der Waals surface area contributed by atoms with Crippen molar-refractivity contribution < 1.29 is 47.6 Å². The van der Waals surface area contributed by atoms with E-state index in [1.54, 1.807) is 0 Å². The summed E-state index contributed by atoms with van der Waals surface area (Å²) in [4.78, 5) is 48.4. The summed E-state index contributed by atoms with van der Waals surface area (Å²) >= 11 is 0. The molecule has 0 saturated carbocycles. The Balaban J connectivity index is 2.44. The van der Waals surface area contributed by atoms with Crippen LogP contribution in [0.25, 0.3) is 0 Å². The number of nitrogens with one attached hydrogen (secondary N) is 2. The van der Waals surface area contributed by atoms with Gasteiger partial charge in [-0.05, 0) is 53.4 Å². The van der Waals surface area contributed by atoms with Gasteiger partial charge in [-0.15, -0.1) is 10.3 Å². The minimum atomic E-state index is -4.57. The molecule has 1 amide bonds. The highest BCUT2D eigenvalue weighted by Crippen LogP contribution is 2.43. The van der Waals surface area contributed by atoms with E-state index in [-0.39, 0.29) is 51.1 Å². The second kappa shape index (κ2) is 35.6. The molecule has 1 saturated heterocycles. The Labute approximate surface area is 378 Å². The lowest BCUT2D eigenvalue weighted by Crippen LogP contribution is -2.62. The zero-order valence-electron chi connectivity index (χ0n) is 40.4. The maximum atomic E-state index is 12.8. The summed E-state index contributed by atoms with van der Waals surface area (Å²) in [6.07, 6.45) is 31.6. The summed E-state index contributed by atoms with van der Waals surface area (Å²) in [7, 11) is -4.57. The first-order valence-electron chi connectivity index (χ1n) is 25.1. The zero-order chi connectivity index (χ0) is 46.0. The van der Waals surface area contributed by atoms with Crippen molar-refractivity contribution in [2.24, 2.45) is 0 Å². The van der Waals surface area contributed by atoms with Crippen LogP contribution in [-0.2, 0) is 42.7 Å². The van der Waals surface area contributed by atoms with Crippen molar-refractivity contribution in [1.82, 2.24) is 15.7 Å². The molecule has 0 aliphatic carbocycles. The summed E-state index contributed by atoms with van der Waals surface area (Å²) in [5, 5.41) is 19.6. The molecule has 13 nitrogen and oxygen atoms in total. The number of ether oxygens (including phenoxy) is 2. The number of unbranched alkanes of at least 4 members (excludes halogenated alkanes) is 24. The van der Waals surface area contributed by atoms with Gasteiger partial charge in [0.25, 0.3) is 0 Å². The number of hydrogen-bond acceptors (Lipinski definition) is 10. The van der Waals surface area contributed by atoms with Crippen molar-refractivity contribution in [2.45, 2.75) is 257 Å². The number of phosphoric ester groups is 1. The fraction of sp³-hybridized carbons (Fsp3) is 0.938. The van der Waals surface area contributed by atoms with Crippen molar-refractivity contribution in [3.63, 3.8) is 0 Å². The fourth-order valence-corrected chi connectivity index (χ4v) is 9.24. The van der Waals surface area contributed by atoms with Gasteiger partial charge in [-0.2, -0.15) is 0 Å². The number of rotatable bonds is 41. The predicted molar refractivity (Wildman–Crippen MR) is 248 cm³/mol. The number of nitrogens with zero attached hydrogens (tertiary/aromatic N) is 1. The number of hydrogen-bond donors (Lipinski definition) is 3. The smallest absolute Gasteiger partial charge is 0.462 e. The van der Waals surface area contributed by atoms with Gasteiger partial charge in [-0.1, -0.05) is 168 Å². The Morgan fingerprint density at radius 2 is 1.03 bits per heavy atom. The molecule has 2 atom stereocenters. The Morgan fingerprint density at radius 1 is 0.629 bits per heavy atom. The Hall–Kier alpha value is -1.60. The molecule has 0 aromatic rings. The van der Waals surface area contributed by atoms with Gasteiger partial charge in [-0.25, -0.2) is 4.57 Å². The molecule has 1 aliphatic rings. The van der Waals surface area contributed by atoms with Gasteiger partial charge in [-0.3, -0.25) is 23.4 Å². The average molecular weight is 903 g/mol. The number of carbonyl (C=O) groups is 3. The molecule has 1 aliphatic heterocycles. The lowest BCUT2D eigenvalue weighted by atomic mass is 9.79. The standard InChI is InChI=1S/C48H93N3O10P/c1-7-9-11-13-15-17-19-21-23-25-27-29-31-33-45(53)58-40-43(61-46(54)34-32-30-28-26-24-22-20-18-16-14-12-10-8-2)41-60-62(56,57)59-36-35-49-39-44(52)50-42-37-47(3,4)51(55)48(5,6)38-42/h42-43,49H,7-41H2,1-6H3,(H,50,52)(H,56,57). The summed E-state index contributed by atoms with van der Waals surface area (Å²) in [6.45, 7) is 11.0.